The van der Waals surface area contributed by atoms with Crippen molar-refractivity contribution in [2.24, 2.45) is 5.92 Å². The quantitative estimate of drug-likeness (QED) is 0.446. The second-order valence-electron chi connectivity index (χ2n) is 7.55. The third kappa shape index (κ3) is 2.50. The zero-order chi connectivity index (χ0) is 14.4. The van der Waals surface area contributed by atoms with Crippen LogP contribution in [0.3, 0.4) is 0 Å². The van der Waals surface area contributed by atoms with Gasteiger partial charge in [-0.25, -0.2) is 0 Å². The maximum absolute atomic E-state index is 6.71. The summed E-state index contributed by atoms with van der Waals surface area (Å²) in [6, 6.07) is 0. The van der Waals surface area contributed by atoms with Crippen molar-refractivity contribution in [1.29, 1.82) is 0 Å². The molecule has 20 heavy (non-hydrogen) atoms. The molecule has 2 aliphatic heterocycles. The van der Waals surface area contributed by atoms with Gasteiger partial charge in [0.05, 0.1) is 17.8 Å². The van der Waals surface area contributed by atoms with Crippen molar-refractivity contribution in [3.63, 3.8) is 0 Å². The molecule has 0 aromatic carbocycles. The fourth-order valence-electron chi connectivity index (χ4n) is 4.35. The Bertz CT molecular complexity index is 457. The standard InChI is InChI=1S/C17H26O2Si/c1-5-10-17(19-20(2,3)4)12-14-11-13-8-6-7-9-15(17)16(13)18-14/h1,11,14-16H,6-10,12H2,2-4H3/t14-,15-,16+,17+/m0/s1. The molecule has 0 radical (unpaired) electrons. The number of terminal acetylenes is 1. The minimum absolute atomic E-state index is 0.143. The molecule has 3 aliphatic rings. The van der Waals surface area contributed by atoms with E-state index in [9.17, 15) is 0 Å². The molecule has 2 heterocycles. The Labute approximate surface area is 124 Å². The molecule has 3 heteroatoms. The van der Waals surface area contributed by atoms with Gasteiger partial charge in [-0.3, -0.25) is 0 Å². The predicted molar refractivity (Wildman–Crippen MR) is 83.9 cm³/mol. The van der Waals surface area contributed by atoms with Crippen LogP contribution in [-0.2, 0) is 9.16 Å². The second-order valence-corrected chi connectivity index (χ2v) is 12.0. The summed E-state index contributed by atoms with van der Waals surface area (Å²) < 4.78 is 12.9. The Morgan fingerprint density at radius 3 is 2.95 bits per heavy atom. The van der Waals surface area contributed by atoms with Gasteiger partial charge in [0.15, 0.2) is 8.32 Å². The molecule has 1 saturated carbocycles. The third-order valence-corrected chi connectivity index (χ3v) is 5.83. The minimum Gasteiger partial charge on any atom is -0.411 e. The molecule has 2 nitrogen and oxygen atoms in total. The highest BCUT2D eigenvalue weighted by Crippen LogP contribution is 2.51. The second kappa shape index (κ2) is 5.01. The minimum atomic E-state index is -1.63. The predicted octanol–water partition coefficient (Wildman–Crippen LogP) is 3.89. The largest absolute Gasteiger partial charge is 0.411 e. The molecule has 110 valence electrons. The molecule has 3 rings (SSSR count). The molecule has 4 atom stereocenters. The first-order valence-corrected chi connectivity index (χ1v) is 11.3. The van der Waals surface area contributed by atoms with E-state index in [4.69, 9.17) is 15.6 Å². The maximum Gasteiger partial charge on any atom is 0.184 e. The van der Waals surface area contributed by atoms with E-state index in [1.54, 1.807) is 0 Å². The molecular weight excluding hydrogens is 264 g/mol. The van der Waals surface area contributed by atoms with Gasteiger partial charge in [-0.05, 0) is 44.5 Å². The van der Waals surface area contributed by atoms with Crippen molar-refractivity contribution < 1.29 is 9.16 Å². The highest BCUT2D eigenvalue weighted by atomic mass is 28.4. The molecular formula is C17H26O2Si. The smallest absolute Gasteiger partial charge is 0.184 e. The van der Waals surface area contributed by atoms with E-state index in [1.165, 1.54) is 31.3 Å². The van der Waals surface area contributed by atoms with E-state index in [2.05, 4.69) is 31.6 Å². The summed E-state index contributed by atoms with van der Waals surface area (Å²) in [6.45, 7) is 6.81. The summed E-state index contributed by atoms with van der Waals surface area (Å²) in [6.07, 6.45) is 15.2. The Kier molecular flexibility index (Phi) is 3.60. The lowest BCUT2D eigenvalue weighted by molar-refractivity contribution is -0.141. The Balaban J connectivity index is 1.96. The van der Waals surface area contributed by atoms with Gasteiger partial charge in [0.25, 0.3) is 0 Å². The fraction of sp³-hybridized carbons (Fsp3) is 0.765. The zero-order valence-electron chi connectivity index (χ0n) is 12.9. The van der Waals surface area contributed by atoms with E-state index in [1.807, 2.05) is 0 Å². The van der Waals surface area contributed by atoms with Gasteiger partial charge >= 0.3 is 0 Å². The van der Waals surface area contributed by atoms with Crippen LogP contribution in [0.1, 0.15) is 38.5 Å². The molecule has 0 N–H and O–H groups in total. The average Bonchev–Trinajstić information content (AvgIpc) is 2.52. The van der Waals surface area contributed by atoms with Crippen LogP contribution in [0.4, 0.5) is 0 Å². The number of ether oxygens (including phenoxy) is 1. The van der Waals surface area contributed by atoms with Crippen molar-refractivity contribution in [2.45, 2.75) is 76.0 Å². The van der Waals surface area contributed by atoms with E-state index < -0.39 is 8.32 Å². The van der Waals surface area contributed by atoms with Crippen LogP contribution in [0.5, 0.6) is 0 Å². The van der Waals surface area contributed by atoms with Crippen molar-refractivity contribution in [2.75, 3.05) is 0 Å². The maximum atomic E-state index is 6.71. The molecule has 0 amide bonds. The monoisotopic (exact) mass is 290 g/mol. The molecule has 0 aromatic heterocycles. The van der Waals surface area contributed by atoms with Crippen molar-refractivity contribution in [1.82, 2.24) is 0 Å². The SMILES string of the molecule is C#CC[C@@]1(O[Si](C)(C)C)C[C@@H]2C=C3CCCC[C@H]1[C@@H]3O2. The normalized spacial score (nSPS) is 39.9. The Morgan fingerprint density at radius 1 is 1.45 bits per heavy atom. The van der Waals surface area contributed by atoms with Gasteiger partial charge in [0.1, 0.15) is 0 Å². The number of fused-ring (bicyclic) bond motifs is 1. The van der Waals surface area contributed by atoms with Crippen LogP contribution < -0.4 is 0 Å². The van der Waals surface area contributed by atoms with E-state index >= 15 is 0 Å². The van der Waals surface area contributed by atoms with E-state index in [0.29, 0.717) is 5.92 Å². The van der Waals surface area contributed by atoms with Gasteiger partial charge in [-0.1, -0.05) is 12.5 Å². The van der Waals surface area contributed by atoms with Crippen LogP contribution in [0.2, 0.25) is 19.6 Å². The van der Waals surface area contributed by atoms with Gasteiger partial charge in [0.2, 0.25) is 0 Å². The molecule has 2 bridgehead atoms. The van der Waals surface area contributed by atoms with Gasteiger partial charge in [-0.2, -0.15) is 0 Å². The summed E-state index contributed by atoms with van der Waals surface area (Å²) in [7, 11) is -1.63. The summed E-state index contributed by atoms with van der Waals surface area (Å²) in [5.74, 6) is 3.37. The van der Waals surface area contributed by atoms with Crippen LogP contribution >= 0.6 is 0 Å². The van der Waals surface area contributed by atoms with E-state index in [0.717, 1.165) is 12.8 Å². The number of hydrogen-bond acceptors (Lipinski definition) is 2. The topological polar surface area (TPSA) is 18.5 Å². The molecule has 0 aromatic rings. The van der Waals surface area contributed by atoms with E-state index in [-0.39, 0.29) is 17.8 Å². The molecule has 2 fully saturated rings. The number of hydrogen-bond donors (Lipinski definition) is 0. The lowest BCUT2D eigenvalue weighted by Crippen LogP contribution is -2.56. The summed E-state index contributed by atoms with van der Waals surface area (Å²) in [5, 5.41) is 0. The van der Waals surface area contributed by atoms with Gasteiger partial charge < -0.3 is 9.16 Å². The van der Waals surface area contributed by atoms with Gasteiger partial charge in [0, 0.05) is 18.8 Å². The zero-order valence-corrected chi connectivity index (χ0v) is 13.9. The van der Waals surface area contributed by atoms with Crippen molar-refractivity contribution >= 4 is 8.32 Å². The van der Waals surface area contributed by atoms with Crippen LogP contribution in [0, 0.1) is 18.3 Å². The lowest BCUT2D eigenvalue weighted by atomic mass is 9.74. The molecule has 1 saturated heterocycles. The first-order chi connectivity index (χ1) is 9.43. The summed E-state index contributed by atoms with van der Waals surface area (Å²) in [5.41, 5.74) is 1.38. The molecule has 0 spiro atoms. The van der Waals surface area contributed by atoms with Crippen LogP contribution in [-0.4, -0.2) is 26.1 Å². The Hall–Kier alpha value is -0.563. The third-order valence-electron chi connectivity index (χ3n) is 4.82. The van der Waals surface area contributed by atoms with Gasteiger partial charge in [-0.15, -0.1) is 12.3 Å². The summed E-state index contributed by atoms with van der Waals surface area (Å²) >= 11 is 0. The highest BCUT2D eigenvalue weighted by Gasteiger charge is 2.54. The van der Waals surface area contributed by atoms with Crippen molar-refractivity contribution in [3.05, 3.63) is 11.6 Å². The van der Waals surface area contributed by atoms with Crippen LogP contribution in [0.25, 0.3) is 0 Å². The molecule has 1 aliphatic carbocycles. The van der Waals surface area contributed by atoms with Crippen molar-refractivity contribution in [3.8, 4) is 12.3 Å². The lowest BCUT2D eigenvalue weighted by Gasteiger charge is -2.49. The number of rotatable bonds is 3. The highest BCUT2D eigenvalue weighted by molar-refractivity contribution is 6.69. The average molecular weight is 290 g/mol. The summed E-state index contributed by atoms with van der Waals surface area (Å²) in [4.78, 5) is 0. The fourth-order valence-corrected chi connectivity index (χ4v) is 5.88. The Morgan fingerprint density at radius 2 is 2.25 bits per heavy atom. The molecule has 0 unspecified atom stereocenters. The first kappa shape index (κ1) is 14.4. The van der Waals surface area contributed by atoms with Crippen LogP contribution in [0.15, 0.2) is 11.6 Å². The first-order valence-electron chi connectivity index (χ1n) is 7.93.